The summed E-state index contributed by atoms with van der Waals surface area (Å²) in [5, 5.41) is 11.3. The normalized spacial score (nSPS) is 13.0. The van der Waals surface area contributed by atoms with Crippen LogP contribution in [0.5, 0.6) is 0 Å². The van der Waals surface area contributed by atoms with Gasteiger partial charge >= 0.3 is 5.97 Å². The Hall–Kier alpha value is -3.22. The second-order valence-corrected chi connectivity index (χ2v) is 7.41. The highest BCUT2D eigenvalue weighted by atomic mass is 16.5. The molecule has 2 unspecified atom stereocenters. The third kappa shape index (κ3) is 6.69. The molecular weight excluding hydrogens is 380 g/mol. The number of ether oxygens (including phenoxy) is 1. The summed E-state index contributed by atoms with van der Waals surface area (Å²) in [6.45, 7) is 3.88. The number of benzene rings is 2. The number of hydrogen-bond donors (Lipinski definition) is 1. The van der Waals surface area contributed by atoms with Gasteiger partial charge in [0.25, 0.3) is 0 Å². The molecule has 160 valence electrons. The lowest BCUT2D eigenvalue weighted by atomic mass is 9.99. The topological polar surface area (TPSA) is 83.4 Å². The predicted molar refractivity (Wildman–Crippen MR) is 118 cm³/mol. The third-order valence-corrected chi connectivity index (χ3v) is 4.91. The van der Waals surface area contributed by atoms with E-state index in [1.165, 1.54) is 7.11 Å². The lowest BCUT2D eigenvalue weighted by molar-refractivity contribution is -0.146. The van der Waals surface area contributed by atoms with Gasteiger partial charge in [-0.2, -0.15) is 10.2 Å². The Kier molecular flexibility index (Phi) is 8.53. The van der Waals surface area contributed by atoms with Crippen LogP contribution < -0.4 is 10.2 Å². The highest BCUT2D eigenvalue weighted by Gasteiger charge is 2.26. The zero-order chi connectivity index (χ0) is 22.1. The molecule has 0 aromatic heterocycles. The van der Waals surface area contributed by atoms with Gasteiger partial charge in [-0.1, -0.05) is 32.4 Å². The fourth-order valence-electron chi connectivity index (χ4n) is 2.87. The van der Waals surface area contributed by atoms with E-state index >= 15 is 0 Å². The first-order valence-electron chi connectivity index (χ1n) is 9.99. The van der Waals surface area contributed by atoms with Crippen LogP contribution in [-0.4, -0.2) is 39.1 Å². The monoisotopic (exact) mass is 410 g/mol. The zero-order valence-corrected chi connectivity index (χ0v) is 18.3. The summed E-state index contributed by atoms with van der Waals surface area (Å²) in [4.78, 5) is 26.4. The van der Waals surface area contributed by atoms with Crippen molar-refractivity contribution in [3.05, 3.63) is 54.1 Å². The predicted octanol–water partition coefficient (Wildman–Crippen LogP) is 4.41. The van der Waals surface area contributed by atoms with Gasteiger partial charge < -0.3 is 15.0 Å². The number of azo groups is 1. The van der Waals surface area contributed by atoms with Crippen molar-refractivity contribution < 1.29 is 14.3 Å². The van der Waals surface area contributed by atoms with Crippen LogP contribution in [0.15, 0.2) is 58.8 Å². The number of amides is 1. The smallest absolute Gasteiger partial charge is 0.328 e. The Balaban J connectivity index is 2.03. The van der Waals surface area contributed by atoms with Gasteiger partial charge in [-0.3, -0.25) is 4.79 Å². The molecule has 1 amide bonds. The number of esters is 1. The van der Waals surface area contributed by atoms with Gasteiger partial charge in [0.05, 0.1) is 24.9 Å². The number of carbonyl (C=O) groups is 2. The Morgan fingerprint density at radius 1 is 1.07 bits per heavy atom. The molecule has 30 heavy (non-hydrogen) atoms. The van der Waals surface area contributed by atoms with Crippen molar-refractivity contribution in [2.24, 2.45) is 16.1 Å². The Morgan fingerprint density at radius 3 is 2.33 bits per heavy atom. The van der Waals surface area contributed by atoms with Crippen LogP contribution in [-0.2, 0) is 20.7 Å². The second kappa shape index (κ2) is 11.1. The van der Waals surface area contributed by atoms with E-state index in [1.807, 2.05) is 81.4 Å². The van der Waals surface area contributed by atoms with Crippen LogP contribution in [0.2, 0.25) is 0 Å². The van der Waals surface area contributed by atoms with Crippen LogP contribution in [0.25, 0.3) is 0 Å². The Morgan fingerprint density at radius 2 is 1.73 bits per heavy atom. The molecule has 7 heteroatoms. The maximum Gasteiger partial charge on any atom is 0.328 e. The van der Waals surface area contributed by atoms with E-state index in [0.717, 1.165) is 23.4 Å². The Bertz CT molecular complexity index is 878. The molecule has 0 radical (unpaired) electrons. The number of methoxy groups -OCH3 is 1. The minimum atomic E-state index is -0.652. The van der Waals surface area contributed by atoms with E-state index in [1.54, 1.807) is 0 Å². The van der Waals surface area contributed by atoms with E-state index in [0.29, 0.717) is 5.69 Å². The molecule has 2 atom stereocenters. The number of rotatable bonds is 9. The number of hydrogen-bond acceptors (Lipinski definition) is 6. The second-order valence-electron chi connectivity index (χ2n) is 7.41. The van der Waals surface area contributed by atoms with Crippen molar-refractivity contribution in [2.45, 2.75) is 32.7 Å². The molecule has 0 bridgehead atoms. The van der Waals surface area contributed by atoms with E-state index in [-0.39, 0.29) is 18.2 Å². The molecule has 1 N–H and O–H groups in total. The SMILES string of the molecule is CCC(C)C(NC(=O)Cc1cccc(N=Nc2ccc(N(C)C)cc2)c1)C(=O)OC. The maximum absolute atomic E-state index is 12.5. The molecule has 0 saturated carbocycles. The van der Waals surface area contributed by atoms with Gasteiger partial charge in [-0.15, -0.1) is 0 Å². The van der Waals surface area contributed by atoms with Crippen LogP contribution in [0, 0.1) is 5.92 Å². The molecule has 0 heterocycles. The van der Waals surface area contributed by atoms with Crippen molar-refractivity contribution in [1.82, 2.24) is 5.32 Å². The lowest BCUT2D eigenvalue weighted by Crippen LogP contribution is -2.46. The summed E-state index contributed by atoms with van der Waals surface area (Å²) in [6.07, 6.45) is 0.899. The van der Waals surface area contributed by atoms with Crippen LogP contribution in [0.1, 0.15) is 25.8 Å². The summed E-state index contributed by atoms with van der Waals surface area (Å²) >= 11 is 0. The maximum atomic E-state index is 12.5. The Labute approximate surface area is 178 Å². The van der Waals surface area contributed by atoms with E-state index in [9.17, 15) is 9.59 Å². The third-order valence-electron chi connectivity index (χ3n) is 4.91. The van der Waals surface area contributed by atoms with Gasteiger partial charge in [0.2, 0.25) is 5.91 Å². The van der Waals surface area contributed by atoms with E-state index < -0.39 is 12.0 Å². The molecule has 2 aromatic rings. The molecule has 7 nitrogen and oxygen atoms in total. The number of nitrogens with zero attached hydrogens (tertiary/aromatic N) is 3. The largest absolute Gasteiger partial charge is 0.467 e. The first-order chi connectivity index (χ1) is 14.3. The van der Waals surface area contributed by atoms with Crippen LogP contribution >= 0.6 is 0 Å². The molecule has 0 saturated heterocycles. The molecule has 2 rings (SSSR count). The quantitative estimate of drug-likeness (QED) is 0.490. The first kappa shape index (κ1) is 23.1. The highest BCUT2D eigenvalue weighted by Crippen LogP contribution is 2.22. The number of carbonyl (C=O) groups excluding carboxylic acids is 2. The minimum Gasteiger partial charge on any atom is -0.467 e. The van der Waals surface area contributed by atoms with Gasteiger partial charge in [0, 0.05) is 19.8 Å². The first-order valence-corrected chi connectivity index (χ1v) is 9.99. The number of nitrogens with one attached hydrogen (secondary N) is 1. The van der Waals surface area contributed by atoms with Gasteiger partial charge in [0.15, 0.2) is 0 Å². The van der Waals surface area contributed by atoms with E-state index in [2.05, 4.69) is 15.5 Å². The van der Waals surface area contributed by atoms with Crippen molar-refractivity contribution in [2.75, 3.05) is 26.1 Å². The van der Waals surface area contributed by atoms with Crippen molar-refractivity contribution >= 4 is 28.9 Å². The molecule has 0 fully saturated rings. The minimum absolute atomic E-state index is 0.0135. The fourth-order valence-corrected chi connectivity index (χ4v) is 2.87. The summed E-state index contributed by atoms with van der Waals surface area (Å²) in [6, 6.07) is 14.4. The van der Waals surface area contributed by atoms with Crippen LogP contribution in [0.4, 0.5) is 17.1 Å². The molecule has 0 spiro atoms. The lowest BCUT2D eigenvalue weighted by Gasteiger charge is -2.21. The van der Waals surface area contributed by atoms with Crippen molar-refractivity contribution in [3.8, 4) is 0 Å². The van der Waals surface area contributed by atoms with Crippen LogP contribution in [0.3, 0.4) is 0 Å². The van der Waals surface area contributed by atoms with Crippen molar-refractivity contribution in [3.63, 3.8) is 0 Å². The zero-order valence-electron chi connectivity index (χ0n) is 18.3. The number of anilines is 1. The molecule has 2 aromatic carbocycles. The van der Waals surface area contributed by atoms with Gasteiger partial charge in [-0.05, 0) is 47.9 Å². The van der Waals surface area contributed by atoms with Crippen molar-refractivity contribution in [1.29, 1.82) is 0 Å². The van der Waals surface area contributed by atoms with Gasteiger partial charge in [-0.25, -0.2) is 4.79 Å². The van der Waals surface area contributed by atoms with Gasteiger partial charge in [0.1, 0.15) is 6.04 Å². The summed E-state index contributed by atoms with van der Waals surface area (Å²) < 4.78 is 4.82. The summed E-state index contributed by atoms with van der Waals surface area (Å²) in [5.41, 5.74) is 3.28. The molecule has 0 aliphatic rings. The fraction of sp³-hybridized carbons (Fsp3) is 0.391. The summed E-state index contributed by atoms with van der Waals surface area (Å²) in [7, 11) is 5.29. The molecule has 0 aliphatic heterocycles. The van der Waals surface area contributed by atoms with E-state index in [4.69, 9.17) is 4.74 Å². The molecular formula is C23H30N4O3. The highest BCUT2D eigenvalue weighted by molar-refractivity contribution is 5.85. The average Bonchev–Trinajstić information content (AvgIpc) is 2.75. The standard InChI is InChI=1S/C23H30N4O3/c1-6-16(2)22(23(29)30-5)24-21(28)15-17-8-7-9-19(14-17)26-25-18-10-12-20(13-11-18)27(3)4/h7-14,16,22H,6,15H2,1-5H3,(H,24,28). The molecule has 0 aliphatic carbocycles. The average molecular weight is 411 g/mol. The summed E-state index contributed by atoms with van der Waals surface area (Å²) in [5.74, 6) is -0.681.